The Morgan fingerprint density at radius 1 is 1.45 bits per heavy atom. The number of sulfonamides is 1. The predicted octanol–water partition coefficient (Wildman–Crippen LogP) is 2.70. The molecule has 0 aliphatic rings. The molecule has 8 heteroatoms. The van der Waals surface area contributed by atoms with E-state index in [4.69, 9.17) is 4.74 Å². The fourth-order valence-corrected chi connectivity index (χ4v) is 4.77. The summed E-state index contributed by atoms with van der Waals surface area (Å²) in [5.74, 6) is 0.455. The monoisotopic (exact) mass is 376 g/mol. The molecule has 0 unspecified atom stereocenters. The van der Waals surface area contributed by atoms with Gasteiger partial charge in [-0.05, 0) is 46.1 Å². The zero-order chi connectivity index (χ0) is 14.8. The molecule has 2 rings (SSSR count). The third kappa shape index (κ3) is 3.57. The van der Waals surface area contributed by atoms with Crippen LogP contribution in [-0.2, 0) is 16.6 Å². The zero-order valence-electron chi connectivity index (χ0n) is 10.9. The topological polar surface area (TPSA) is 68.3 Å². The Labute approximate surface area is 130 Å². The smallest absolute Gasteiger partial charge is 0.250 e. The van der Waals surface area contributed by atoms with Crippen molar-refractivity contribution in [3.8, 4) is 5.88 Å². The number of thiophene rings is 1. The number of rotatable bonds is 5. The lowest BCUT2D eigenvalue weighted by atomic mass is 10.3. The van der Waals surface area contributed by atoms with Crippen LogP contribution in [0.3, 0.4) is 0 Å². The van der Waals surface area contributed by atoms with E-state index in [0.717, 1.165) is 14.9 Å². The van der Waals surface area contributed by atoms with Gasteiger partial charge < -0.3 is 4.74 Å². The number of ether oxygens (including phenoxy) is 1. The van der Waals surface area contributed by atoms with Crippen LogP contribution in [0.1, 0.15) is 11.1 Å². The fourth-order valence-electron chi connectivity index (χ4n) is 1.49. The van der Waals surface area contributed by atoms with E-state index in [1.54, 1.807) is 24.4 Å². The third-order valence-corrected chi connectivity index (χ3v) is 6.59. The molecule has 0 radical (unpaired) electrons. The van der Waals surface area contributed by atoms with Gasteiger partial charge >= 0.3 is 0 Å². The van der Waals surface area contributed by atoms with Gasteiger partial charge in [-0.3, -0.25) is 0 Å². The summed E-state index contributed by atoms with van der Waals surface area (Å²) < 4.78 is 33.0. The van der Waals surface area contributed by atoms with Crippen molar-refractivity contribution < 1.29 is 13.2 Å². The molecule has 2 aromatic heterocycles. The predicted molar refractivity (Wildman–Crippen MR) is 81.6 cm³/mol. The Hall–Kier alpha value is -0.960. The van der Waals surface area contributed by atoms with E-state index in [-0.39, 0.29) is 6.54 Å². The molecule has 1 N–H and O–H groups in total. The molecule has 0 amide bonds. The molecule has 5 nitrogen and oxygen atoms in total. The second-order valence-corrected chi connectivity index (χ2v) is 8.42. The van der Waals surface area contributed by atoms with Crippen molar-refractivity contribution in [3.63, 3.8) is 0 Å². The highest BCUT2D eigenvalue weighted by atomic mass is 79.9. The van der Waals surface area contributed by atoms with E-state index in [9.17, 15) is 8.42 Å². The Morgan fingerprint density at radius 2 is 2.20 bits per heavy atom. The highest BCUT2D eigenvalue weighted by Crippen LogP contribution is 2.30. The lowest BCUT2D eigenvalue weighted by Crippen LogP contribution is -2.22. The molecule has 108 valence electrons. The van der Waals surface area contributed by atoms with Crippen LogP contribution in [0.25, 0.3) is 0 Å². The van der Waals surface area contributed by atoms with E-state index < -0.39 is 10.0 Å². The van der Waals surface area contributed by atoms with E-state index in [1.165, 1.54) is 18.4 Å². The normalized spacial score (nSPS) is 11.6. The standard InChI is InChI=1S/C12H13BrN2O3S2/c1-8-5-11(19-12(8)13)20(16,17)15-7-9-3-4-14-10(6-9)18-2/h3-6,15H,7H2,1-2H3. The first-order chi connectivity index (χ1) is 9.42. The van der Waals surface area contributed by atoms with Crippen molar-refractivity contribution in [3.05, 3.63) is 39.3 Å². The Balaban J connectivity index is 2.12. The average molecular weight is 377 g/mol. The van der Waals surface area contributed by atoms with Gasteiger partial charge in [0.2, 0.25) is 15.9 Å². The van der Waals surface area contributed by atoms with Gasteiger partial charge in [0.1, 0.15) is 4.21 Å². The summed E-state index contributed by atoms with van der Waals surface area (Å²) in [7, 11) is -1.99. The first-order valence-electron chi connectivity index (χ1n) is 5.67. The Bertz CT molecular complexity index is 694. The van der Waals surface area contributed by atoms with Gasteiger partial charge in [0.05, 0.1) is 10.9 Å². The van der Waals surface area contributed by atoms with E-state index in [1.807, 2.05) is 6.92 Å². The number of nitrogens with one attached hydrogen (secondary N) is 1. The summed E-state index contributed by atoms with van der Waals surface area (Å²) in [6.45, 7) is 2.04. The first kappa shape index (κ1) is 15.4. The lowest BCUT2D eigenvalue weighted by Gasteiger charge is -2.06. The maximum Gasteiger partial charge on any atom is 0.250 e. The molecule has 2 heterocycles. The molecule has 0 atom stereocenters. The minimum Gasteiger partial charge on any atom is -0.481 e. The molecule has 0 spiro atoms. The molecule has 0 bridgehead atoms. The summed E-state index contributed by atoms with van der Waals surface area (Å²) in [5, 5.41) is 0. The molecular weight excluding hydrogens is 364 g/mol. The van der Waals surface area contributed by atoms with Crippen molar-refractivity contribution in [2.75, 3.05) is 7.11 Å². The molecule has 0 saturated carbocycles. The average Bonchev–Trinajstić information content (AvgIpc) is 2.78. The highest BCUT2D eigenvalue weighted by Gasteiger charge is 2.18. The van der Waals surface area contributed by atoms with Crippen LogP contribution >= 0.6 is 27.3 Å². The zero-order valence-corrected chi connectivity index (χ0v) is 14.1. The molecule has 0 saturated heterocycles. The van der Waals surface area contributed by atoms with Gasteiger partial charge in [0.25, 0.3) is 0 Å². The number of methoxy groups -OCH3 is 1. The van der Waals surface area contributed by atoms with Crippen molar-refractivity contribution in [2.24, 2.45) is 0 Å². The van der Waals surface area contributed by atoms with E-state index >= 15 is 0 Å². The van der Waals surface area contributed by atoms with Gasteiger partial charge in [0.15, 0.2) is 0 Å². The van der Waals surface area contributed by atoms with Gasteiger partial charge in [0, 0.05) is 18.8 Å². The third-order valence-electron chi connectivity index (χ3n) is 2.57. The van der Waals surface area contributed by atoms with Crippen LogP contribution in [0.4, 0.5) is 0 Å². The van der Waals surface area contributed by atoms with Crippen LogP contribution in [0.5, 0.6) is 5.88 Å². The number of hydrogen-bond acceptors (Lipinski definition) is 5. The summed E-state index contributed by atoms with van der Waals surface area (Å²) in [6, 6.07) is 5.07. The Morgan fingerprint density at radius 3 is 2.80 bits per heavy atom. The van der Waals surface area contributed by atoms with Crippen LogP contribution in [0.15, 0.2) is 32.4 Å². The highest BCUT2D eigenvalue weighted by molar-refractivity contribution is 9.11. The minimum absolute atomic E-state index is 0.190. The maximum absolute atomic E-state index is 12.2. The fraction of sp³-hybridized carbons (Fsp3) is 0.250. The summed E-state index contributed by atoms with van der Waals surface area (Å²) in [4.78, 5) is 3.97. The second kappa shape index (κ2) is 6.21. The van der Waals surface area contributed by atoms with Crippen molar-refractivity contribution in [1.29, 1.82) is 0 Å². The molecule has 0 aliphatic carbocycles. The van der Waals surface area contributed by atoms with E-state index in [2.05, 4.69) is 25.6 Å². The SMILES string of the molecule is COc1cc(CNS(=O)(=O)c2cc(C)c(Br)s2)ccn1. The first-order valence-corrected chi connectivity index (χ1v) is 8.76. The van der Waals surface area contributed by atoms with Crippen molar-refractivity contribution in [2.45, 2.75) is 17.7 Å². The number of hydrogen-bond donors (Lipinski definition) is 1. The summed E-state index contributed by atoms with van der Waals surface area (Å²) in [6.07, 6.45) is 1.58. The largest absolute Gasteiger partial charge is 0.481 e. The number of aromatic nitrogens is 1. The quantitative estimate of drug-likeness (QED) is 0.870. The van der Waals surface area contributed by atoms with E-state index in [0.29, 0.717) is 10.1 Å². The Kier molecular flexibility index (Phi) is 4.79. The van der Waals surface area contributed by atoms with Crippen molar-refractivity contribution in [1.82, 2.24) is 9.71 Å². The molecule has 2 aromatic rings. The van der Waals surface area contributed by atoms with Crippen LogP contribution in [-0.4, -0.2) is 20.5 Å². The summed E-state index contributed by atoms with van der Waals surface area (Å²) in [5.41, 5.74) is 1.69. The lowest BCUT2D eigenvalue weighted by molar-refractivity contribution is 0.397. The van der Waals surface area contributed by atoms with Crippen LogP contribution in [0.2, 0.25) is 0 Å². The molecule has 0 aromatic carbocycles. The van der Waals surface area contributed by atoms with Gasteiger partial charge in [-0.15, -0.1) is 11.3 Å². The van der Waals surface area contributed by atoms with Crippen molar-refractivity contribution >= 4 is 37.3 Å². The molecular formula is C12H13BrN2O3S2. The molecule has 0 fully saturated rings. The van der Waals surface area contributed by atoms with Gasteiger partial charge in [-0.1, -0.05) is 0 Å². The van der Waals surface area contributed by atoms with Gasteiger partial charge in [-0.25, -0.2) is 18.1 Å². The number of nitrogens with zero attached hydrogens (tertiary/aromatic N) is 1. The second-order valence-electron chi connectivity index (χ2n) is 4.05. The van der Waals surface area contributed by atoms with Gasteiger partial charge in [-0.2, -0.15) is 0 Å². The number of aryl methyl sites for hydroxylation is 1. The number of halogens is 1. The number of pyridine rings is 1. The van der Waals surface area contributed by atoms with Crippen LogP contribution < -0.4 is 9.46 Å². The maximum atomic E-state index is 12.2. The van der Waals surface area contributed by atoms with Crippen LogP contribution in [0, 0.1) is 6.92 Å². The molecule has 0 aliphatic heterocycles. The molecule has 20 heavy (non-hydrogen) atoms. The minimum atomic E-state index is -3.50. The summed E-state index contributed by atoms with van der Waals surface area (Å²) >= 11 is 4.52.